The Balaban J connectivity index is 2.23. The van der Waals surface area contributed by atoms with E-state index in [0.29, 0.717) is 19.4 Å². The molecule has 0 unspecified atom stereocenters. The fourth-order valence-electron chi connectivity index (χ4n) is 4.88. The molecule has 0 aromatic heterocycles. The number of unbranched alkanes of at least 4 members (excludes halogenated alkanes) is 1. The van der Waals surface area contributed by atoms with Crippen molar-refractivity contribution in [2.24, 2.45) is 5.92 Å². The van der Waals surface area contributed by atoms with Gasteiger partial charge in [0.05, 0.1) is 0 Å². The van der Waals surface area contributed by atoms with Crippen LogP contribution in [-0.4, -0.2) is 71.3 Å². The molecular formula is C34H47N5O7. The molecule has 0 aliphatic carbocycles. The molecule has 6 N–H and O–H groups in total. The lowest BCUT2D eigenvalue weighted by atomic mass is 9.99. The number of amides is 5. The lowest BCUT2D eigenvalue weighted by Crippen LogP contribution is -2.58. The van der Waals surface area contributed by atoms with Crippen molar-refractivity contribution in [3.05, 3.63) is 71.8 Å². The summed E-state index contributed by atoms with van der Waals surface area (Å²) in [6.07, 6.45) is 1.66. The first-order valence-corrected chi connectivity index (χ1v) is 15.6. The quantitative estimate of drug-likeness (QED) is 0.127. The summed E-state index contributed by atoms with van der Waals surface area (Å²) in [7, 11) is 0. The van der Waals surface area contributed by atoms with Gasteiger partial charge in [-0.15, -0.1) is 0 Å². The van der Waals surface area contributed by atoms with E-state index >= 15 is 0 Å². The summed E-state index contributed by atoms with van der Waals surface area (Å²) in [5.74, 6) is -3.67. The van der Waals surface area contributed by atoms with E-state index in [4.69, 9.17) is 0 Å². The van der Waals surface area contributed by atoms with Crippen molar-refractivity contribution in [2.75, 3.05) is 6.54 Å². The highest BCUT2D eigenvalue weighted by molar-refractivity contribution is 5.95. The van der Waals surface area contributed by atoms with Gasteiger partial charge in [-0.25, -0.2) is 4.79 Å². The van der Waals surface area contributed by atoms with Crippen molar-refractivity contribution in [3.8, 4) is 0 Å². The highest BCUT2D eigenvalue weighted by Gasteiger charge is 2.31. The molecule has 250 valence electrons. The second-order valence-electron chi connectivity index (χ2n) is 11.8. The van der Waals surface area contributed by atoms with Gasteiger partial charge in [-0.3, -0.25) is 24.0 Å². The number of aliphatic carboxylic acids is 1. The van der Waals surface area contributed by atoms with Gasteiger partial charge in [0.2, 0.25) is 29.5 Å². The highest BCUT2D eigenvalue weighted by Crippen LogP contribution is 2.11. The summed E-state index contributed by atoms with van der Waals surface area (Å²) >= 11 is 0. The number of carboxylic acid groups (broad SMARTS) is 1. The number of hydrogen-bond acceptors (Lipinski definition) is 6. The maximum atomic E-state index is 13.8. The van der Waals surface area contributed by atoms with Gasteiger partial charge in [0.25, 0.3) is 0 Å². The Morgan fingerprint density at radius 2 is 1.07 bits per heavy atom. The van der Waals surface area contributed by atoms with Crippen LogP contribution in [0.25, 0.3) is 0 Å². The molecule has 0 aliphatic heterocycles. The van der Waals surface area contributed by atoms with Crippen LogP contribution in [0.5, 0.6) is 0 Å². The van der Waals surface area contributed by atoms with Crippen LogP contribution in [0.4, 0.5) is 0 Å². The number of carbonyl (C=O) groups excluding carboxylic acids is 5. The second kappa shape index (κ2) is 19.6. The summed E-state index contributed by atoms with van der Waals surface area (Å²) in [6, 6.07) is 13.9. The molecule has 12 heteroatoms. The van der Waals surface area contributed by atoms with Crippen LogP contribution in [0.1, 0.15) is 64.5 Å². The minimum Gasteiger partial charge on any atom is -0.480 e. The molecule has 0 saturated carbocycles. The van der Waals surface area contributed by atoms with E-state index in [1.807, 2.05) is 62.4 Å². The molecule has 0 heterocycles. The summed E-state index contributed by atoms with van der Waals surface area (Å²) in [5.41, 5.74) is 1.58. The van der Waals surface area contributed by atoms with Crippen molar-refractivity contribution < 1.29 is 33.9 Å². The van der Waals surface area contributed by atoms with Crippen molar-refractivity contribution in [3.63, 3.8) is 0 Å². The summed E-state index contributed by atoms with van der Waals surface area (Å²) < 4.78 is 0. The number of carboxylic acids is 1. The molecule has 5 amide bonds. The maximum Gasteiger partial charge on any atom is 0.326 e. The molecule has 0 radical (unpaired) electrons. The van der Waals surface area contributed by atoms with Crippen molar-refractivity contribution >= 4 is 35.5 Å². The molecule has 0 spiro atoms. The topological polar surface area (TPSA) is 183 Å². The fourth-order valence-corrected chi connectivity index (χ4v) is 4.88. The molecule has 0 aliphatic rings. The van der Waals surface area contributed by atoms with E-state index in [-0.39, 0.29) is 37.5 Å². The number of nitrogens with one attached hydrogen (secondary N) is 5. The SMILES string of the molecule is CC(=O)NCCCC[C@H](NC(=O)[C@H](CC(C)C)NC(=O)[C@H](Cc1ccccc1)NC(=O)[C@H](Cc1ccccc1)NC(C)=O)C(=O)O. The third-order valence-electron chi connectivity index (χ3n) is 7.14. The third kappa shape index (κ3) is 14.4. The molecule has 0 bridgehead atoms. The first-order chi connectivity index (χ1) is 21.8. The molecule has 0 saturated heterocycles. The Morgan fingerprint density at radius 3 is 1.52 bits per heavy atom. The second-order valence-corrected chi connectivity index (χ2v) is 11.8. The molecule has 12 nitrogen and oxygen atoms in total. The van der Waals surface area contributed by atoms with Crippen LogP contribution in [0.3, 0.4) is 0 Å². The average Bonchev–Trinajstić information content (AvgIpc) is 2.99. The fraction of sp³-hybridized carbons (Fsp3) is 0.471. The highest BCUT2D eigenvalue weighted by atomic mass is 16.4. The minimum absolute atomic E-state index is 0.0332. The Bertz CT molecular complexity index is 1300. The third-order valence-corrected chi connectivity index (χ3v) is 7.14. The number of carbonyl (C=O) groups is 6. The van der Waals surface area contributed by atoms with Gasteiger partial charge in [0.15, 0.2) is 0 Å². The predicted octanol–water partition coefficient (Wildman–Crippen LogP) is 1.87. The largest absolute Gasteiger partial charge is 0.480 e. The standard InChI is InChI=1S/C34H47N5O7/c1-22(2)19-28(31(42)37-27(34(45)46)17-11-12-18-35-23(3)40)38-33(44)30(21-26-15-9-6-10-16-26)39-32(43)29(36-24(4)41)20-25-13-7-5-8-14-25/h5-10,13-16,22,27-30H,11-12,17-21H2,1-4H3,(H,35,40)(H,36,41)(H,37,42)(H,38,44)(H,39,43)(H,45,46)/t27-,28-,29-,30-/m0/s1. The van der Waals surface area contributed by atoms with Crippen LogP contribution < -0.4 is 26.6 Å². The van der Waals surface area contributed by atoms with Crippen LogP contribution in [0.2, 0.25) is 0 Å². The Labute approximate surface area is 270 Å². The zero-order chi connectivity index (χ0) is 34.1. The first kappa shape index (κ1) is 37.4. The molecule has 0 fully saturated rings. The predicted molar refractivity (Wildman–Crippen MR) is 173 cm³/mol. The van der Waals surface area contributed by atoms with E-state index in [2.05, 4.69) is 26.6 Å². The number of hydrogen-bond donors (Lipinski definition) is 6. The first-order valence-electron chi connectivity index (χ1n) is 15.6. The van der Waals surface area contributed by atoms with E-state index < -0.39 is 53.8 Å². The van der Waals surface area contributed by atoms with Crippen molar-refractivity contribution in [2.45, 2.75) is 90.4 Å². The van der Waals surface area contributed by atoms with Gasteiger partial charge in [-0.2, -0.15) is 0 Å². The average molecular weight is 638 g/mol. The molecular weight excluding hydrogens is 590 g/mol. The summed E-state index contributed by atoms with van der Waals surface area (Å²) in [6.45, 7) is 6.83. The van der Waals surface area contributed by atoms with Gasteiger partial charge in [-0.05, 0) is 42.7 Å². The normalized spacial score (nSPS) is 13.4. The van der Waals surface area contributed by atoms with Crippen LogP contribution in [0, 0.1) is 5.92 Å². The van der Waals surface area contributed by atoms with E-state index in [0.717, 1.165) is 11.1 Å². The van der Waals surface area contributed by atoms with E-state index in [1.165, 1.54) is 13.8 Å². The van der Waals surface area contributed by atoms with Crippen molar-refractivity contribution in [1.82, 2.24) is 26.6 Å². The number of benzene rings is 2. The van der Waals surface area contributed by atoms with Crippen LogP contribution >= 0.6 is 0 Å². The van der Waals surface area contributed by atoms with E-state index in [1.54, 1.807) is 12.1 Å². The van der Waals surface area contributed by atoms with Gasteiger partial charge in [0, 0.05) is 33.2 Å². The zero-order valence-corrected chi connectivity index (χ0v) is 27.0. The Hall–Kier alpha value is -4.74. The van der Waals surface area contributed by atoms with Gasteiger partial charge >= 0.3 is 5.97 Å². The number of rotatable bonds is 19. The van der Waals surface area contributed by atoms with Gasteiger partial charge in [0.1, 0.15) is 24.2 Å². The molecule has 4 atom stereocenters. The smallest absolute Gasteiger partial charge is 0.326 e. The summed E-state index contributed by atoms with van der Waals surface area (Å²) in [4.78, 5) is 75.6. The molecule has 2 rings (SSSR count). The Morgan fingerprint density at radius 1 is 0.609 bits per heavy atom. The lowest BCUT2D eigenvalue weighted by Gasteiger charge is -2.27. The minimum atomic E-state index is -1.21. The van der Waals surface area contributed by atoms with Gasteiger partial charge < -0.3 is 31.7 Å². The molecule has 46 heavy (non-hydrogen) atoms. The van der Waals surface area contributed by atoms with Gasteiger partial charge in [-0.1, -0.05) is 74.5 Å². The Kier molecular flexibility index (Phi) is 16.0. The van der Waals surface area contributed by atoms with E-state index in [9.17, 15) is 33.9 Å². The summed E-state index contributed by atoms with van der Waals surface area (Å²) in [5, 5.41) is 23.1. The van der Waals surface area contributed by atoms with Crippen LogP contribution in [-0.2, 0) is 41.6 Å². The van der Waals surface area contributed by atoms with Crippen LogP contribution in [0.15, 0.2) is 60.7 Å². The maximum absolute atomic E-state index is 13.8. The van der Waals surface area contributed by atoms with Crippen molar-refractivity contribution in [1.29, 1.82) is 0 Å². The monoisotopic (exact) mass is 637 g/mol. The zero-order valence-electron chi connectivity index (χ0n) is 27.0. The lowest BCUT2D eigenvalue weighted by molar-refractivity contribution is -0.142. The molecule has 2 aromatic rings. The molecule has 2 aromatic carbocycles.